The van der Waals surface area contributed by atoms with E-state index in [1.807, 2.05) is 0 Å². The number of Topliss-reactive ketones (excluding diaryl/α,β-unsaturated/α-hetero) is 1. The number of hydrogen-bond acceptors (Lipinski definition) is 5. The van der Waals surface area contributed by atoms with Crippen LogP contribution in [-0.2, 0) is 14.3 Å². The molecule has 0 spiro atoms. The maximum atomic E-state index is 13.9. The SMILES string of the molecule is CCCCCCCCCCCCCC(=O)OC1CCC2(C)C(C1)C(=O)CC1C2CCC2(C)C(C(C)C(O)C(O)C(C)C(C)C)CCC12. The summed E-state index contributed by atoms with van der Waals surface area (Å²) in [4.78, 5) is 26.7. The zero-order chi connectivity index (χ0) is 34.4. The van der Waals surface area contributed by atoms with Gasteiger partial charge in [0.15, 0.2) is 0 Å². The van der Waals surface area contributed by atoms with Gasteiger partial charge in [0.1, 0.15) is 11.9 Å². The molecule has 2 N–H and O–H groups in total. The summed E-state index contributed by atoms with van der Waals surface area (Å²) in [6, 6.07) is 0. The maximum Gasteiger partial charge on any atom is 0.306 e. The highest BCUT2D eigenvalue weighted by atomic mass is 16.5. The molecule has 4 fully saturated rings. The van der Waals surface area contributed by atoms with Gasteiger partial charge in [0.25, 0.3) is 0 Å². The number of esters is 1. The van der Waals surface area contributed by atoms with Crippen LogP contribution >= 0.6 is 0 Å². The first-order valence-electron chi connectivity index (χ1n) is 20.4. The highest BCUT2D eigenvalue weighted by Gasteiger charge is 2.63. The van der Waals surface area contributed by atoms with Gasteiger partial charge in [-0.3, -0.25) is 9.59 Å². The molecule has 12 atom stereocenters. The van der Waals surface area contributed by atoms with E-state index in [-0.39, 0.29) is 40.7 Å². The lowest BCUT2D eigenvalue weighted by Gasteiger charge is -2.60. The molecule has 0 amide bonds. The Hall–Kier alpha value is -0.940. The van der Waals surface area contributed by atoms with Crippen molar-refractivity contribution in [3.05, 3.63) is 0 Å². The predicted octanol–water partition coefficient (Wildman–Crippen LogP) is 10.1. The van der Waals surface area contributed by atoms with Crippen LogP contribution in [0.5, 0.6) is 0 Å². The molecule has 0 radical (unpaired) electrons. The van der Waals surface area contributed by atoms with Gasteiger partial charge in [-0.25, -0.2) is 0 Å². The number of unbranched alkanes of at least 4 members (excludes halogenated alkanes) is 10. The summed E-state index contributed by atoms with van der Waals surface area (Å²) in [6.07, 6.45) is 20.7. The third kappa shape index (κ3) is 8.87. The average molecular weight is 659 g/mol. The monoisotopic (exact) mass is 659 g/mol. The first-order chi connectivity index (χ1) is 22.3. The Morgan fingerprint density at radius 1 is 0.787 bits per heavy atom. The number of ether oxygens (including phenoxy) is 1. The zero-order valence-corrected chi connectivity index (χ0v) is 31.6. The van der Waals surface area contributed by atoms with Gasteiger partial charge in [-0.2, -0.15) is 0 Å². The van der Waals surface area contributed by atoms with Crippen molar-refractivity contribution in [1.29, 1.82) is 0 Å². The van der Waals surface area contributed by atoms with E-state index in [0.29, 0.717) is 54.6 Å². The quantitative estimate of drug-likeness (QED) is 0.113. The summed E-state index contributed by atoms with van der Waals surface area (Å²) in [5, 5.41) is 22.3. The number of aliphatic hydroxyl groups is 2. The summed E-state index contributed by atoms with van der Waals surface area (Å²) in [7, 11) is 0. The molecule has 272 valence electrons. The van der Waals surface area contributed by atoms with Crippen LogP contribution < -0.4 is 0 Å². The van der Waals surface area contributed by atoms with Gasteiger partial charge in [0.05, 0.1) is 12.2 Å². The second kappa shape index (κ2) is 17.3. The molecule has 4 saturated carbocycles. The minimum absolute atomic E-state index is 0.00671. The minimum atomic E-state index is -0.714. The third-order valence-corrected chi connectivity index (χ3v) is 14.9. The van der Waals surface area contributed by atoms with Crippen molar-refractivity contribution in [2.45, 2.75) is 195 Å². The number of carbonyl (C=O) groups excluding carboxylic acids is 2. The number of rotatable bonds is 18. The minimum Gasteiger partial charge on any atom is -0.462 e. The molecule has 0 aliphatic heterocycles. The maximum absolute atomic E-state index is 13.9. The fourth-order valence-electron chi connectivity index (χ4n) is 11.4. The van der Waals surface area contributed by atoms with Crippen molar-refractivity contribution in [3.63, 3.8) is 0 Å². The molecule has 4 aliphatic rings. The first-order valence-corrected chi connectivity index (χ1v) is 20.4. The van der Waals surface area contributed by atoms with Crippen LogP contribution in [0.2, 0.25) is 0 Å². The normalized spacial score (nSPS) is 36.3. The first kappa shape index (κ1) is 38.9. The predicted molar refractivity (Wildman–Crippen MR) is 192 cm³/mol. The highest BCUT2D eigenvalue weighted by molar-refractivity contribution is 5.83. The summed E-state index contributed by atoms with van der Waals surface area (Å²) in [5.41, 5.74) is 0.0964. The second-order valence-corrected chi connectivity index (χ2v) is 17.9. The van der Waals surface area contributed by atoms with Crippen LogP contribution in [0.3, 0.4) is 0 Å². The Labute approximate surface area is 289 Å². The van der Waals surface area contributed by atoms with Crippen LogP contribution in [0.1, 0.15) is 177 Å². The molecule has 4 aliphatic carbocycles. The standard InChI is InChI=1S/C42H74O5/c1-8-9-10-11-12-13-14-15-16-17-18-19-38(44)47-31-22-24-42(7)35-23-25-41(6)33(30(5)40(46)39(45)29(4)28(2)3)20-21-34(41)32(35)27-37(43)36(42)26-31/h28-36,39-40,45-46H,8-27H2,1-7H3. The number of fused-ring (bicyclic) bond motifs is 5. The van der Waals surface area contributed by atoms with Gasteiger partial charge < -0.3 is 14.9 Å². The van der Waals surface area contributed by atoms with Crippen molar-refractivity contribution >= 4 is 11.8 Å². The Bertz CT molecular complexity index is 994. The van der Waals surface area contributed by atoms with E-state index in [4.69, 9.17) is 4.74 Å². The Morgan fingerprint density at radius 2 is 1.36 bits per heavy atom. The lowest BCUT2D eigenvalue weighted by atomic mass is 9.44. The highest BCUT2D eigenvalue weighted by Crippen LogP contribution is 2.68. The van der Waals surface area contributed by atoms with E-state index >= 15 is 0 Å². The van der Waals surface area contributed by atoms with Crippen LogP contribution in [-0.4, -0.2) is 40.3 Å². The molecule has 12 unspecified atom stereocenters. The van der Waals surface area contributed by atoms with Crippen LogP contribution in [0.25, 0.3) is 0 Å². The van der Waals surface area contributed by atoms with E-state index in [0.717, 1.165) is 51.4 Å². The van der Waals surface area contributed by atoms with Crippen molar-refractivity contribution in [2.75, 3.05) is 0 Å². The van der Waals surface area contributed by atoms with Crippen molar-refractivity contribution in [2.24, 2.45) is 58.2 Å². The number of hydrogen-bond donors (Lipinski definition) is 2. The summed E-state index contributed by atoms with van der Waals surface area (Å²) >= 11 is 0. The van der Waals surface area contributed by atoms with Crippen molar-refractivity contribution in [3.8, 4) is 0 Å². The van der Waals surface area contributed by atoms with E-state index in [1.165, 1.54) is 57.8 Å². The lowest BCUT2D eigenvalue weighted by molar-refractivity contribution is -0.171. The van der Waals surface area contributed by atoms with Crippen LogP contribution in [0.4, 0.5) is 0 Å². The van der Waals surface area contributed by atoms with E-state index < -0.39 is 12.2 Å². The van der Waals surface area contributed by atoms with E-state index in [1.54, 1.807) is 0 Å². The van der Waals surface area contributed by atoms with Crippen LogP contribution in [0, 0.1) is 58.2 Å². The van der Waals surface area contributed by atoms with Gasteiger partial charge in [-0.1, -0.05) is 113 Å². The van der Waals surface area contributed by atoms with Crippen molar-refractivity contribution in [1.82, 2.24) is 0 Å². The number of carbonyl (C=O) groups is 2. The second-order valence-electron chi connectivity index (χ2n) is 17.9. The van der Waals surface area contributed by atoms with Gasteiger partial charge in [-0.05, 0) is 104 Å². The molecule has 0 aromatic heterocycles. The third-order valence-electron chi connectivity index (χ3n) is 14.9. The fourth-order valence-corrected chi connectivity index (χ4v) is 11.4. The lowest BCUT2D eigenvalue weighted by Crippen LogP contribution is -2.57. The average Bonchev–Trinajstić information content (AvgIpc) is 3.40. The van der Waals surface area contributed by atoms with Gasteiger partial charge >= 0.3 is 5.97 Å². The molecule has 0 heterocycles. The molecule has 47 heavy (non-hydrogen) atoms. The topological polar surface area (TPSA) is 83.8 Å². The fraction of sp³-hybridized carbons (Fsp3) is 0.952. The number of aliphatic hydroxyl groups excluding tert-OH is 2. The largest absolute Gasteiger partial charge is 0.462 e. The van der Waals surface area contributed by atoms with Crippen LogP contribution in [0.15, 0.2) is 0 Å². The molecule has 4 rings (SSSR count). The molecule has 0 bridgehead atoms. The Balaban J connectivity index is 1.24. The van der Waals surface area contributed by atoms with E-state index in [9.17, 15) is 19.8 Å². The van der Waals surface area contributed by atoms with E-state index in [2.05, 4.69) is 48.5 Å². The molecule has 0 aromatic rings. The smallest absolute Gasteiger partial charge is 0.306 e. The van der Waals surface area contributed by atoms with Gasteiger partial charge in [0, 0.05) is 18.8 Å². The summed E-state index contributed by atoms with van der Waals surface area (Å²) in [6.45, 7) is 15.5. The van der Waals surface area contributed by atoms with Gasteiger partial charge in [0.2, 0.25) is 0 Å². The summed E-state index contributed by atoms with van der Waals surface area (Å²) in [5.74, 6) is 2.59. The molecular weight excluding hydrogens is 584 g/mol. The number of ketones is 1. The van der Waals surface area contributed by atoms with Gasteiger partial charge in [-0.15, -0.1) is 0 Å². The van der Waals surface area contributed by atoms with Crippen molar-refractivity contribution < 1.29 is 24.5 Å². The molecule has 5 heteroatoms. The Morgan fingerprint density at radius 3 is 1.98 bits per heavy atom. The molecule has 0 aromatic carbocycles. The molecule has 0 saturated heterocycles. The zero-order valence-electron chi connectivity index (χ0n) is 31.6. The molecule has 5 nitrogen and oxygen atoms in total. The summed E-state index contributed by atoms with van der Waals surface area (Å²) < 4.78 is 6.03. The molecular formula is C42H74O5. The Kier molecular flexibility index (Phi) is 14.3.